The number of hydrogen-bond donors (Lipinski definition) is 2. The minimum atomic E-state index is -1.15. The molecule has 8 nitrogen and oxygen atoms in total. The van der Waals surface area contributed by atoms with E-state index in [0.717, 1.165) is 4.90 Å². The molecule has 0 aliphatic carbocycles. The molecule has 2 amide bonds. The van der Waals surface area contributed by atoms with E-state index in [-0.39, 0.29) is 12.5 Å². The average molecular weight is 338 g/mol. The molecular weight excluding hydrogens is 316 g/mol. The van der Waals surface area contributed by atoms with Gasteiger partial charge in [0.15, 0.2) is 0 Å². The first-order valence-corrected chi connectivity index (χ1v) is 7.26. The van der Waals surface area contributed by atoms with Gasteiger partial charge < -0.3 is 24.8 Å². The summed E-state index contributed by atoms with van der Waals surface area (Å²) in [7, 11) is 3.00. The van der Waals surface area contributed by atoms with E-state index in [0.29, 0.717) is 17.1 Å². The highest BCUT2D eigenvalue weighted by molar-refractivity contribution is 5.88. The fourth-order valence-electron chi connectivity index (χ4n) is 2.19. The topological polar surface area (TPSA) is 105 Å². The first kappa shape index (κ1) is 19.3. The Bertz CT molecular complexity index is 594. The van der Waals surface area contributed by atoms with Crippen LogP contribution in [0.2, 0.25) is 0 Å². The number of carboxylic acids is 1. The summed E-state index contributed by atoms with van der Waals surface area (Å²) in [4.78, 5) is 35.7. The van der Waals surface area contributed by atoms with E-state index in [1.807, 2.05) is 0 Å². The highest BCUT2D eigenvalue weighted by Gasteiger charge is 2.23. The first-order chi connectivity index (χ1) is 11.3. The molecule has 0 radical (unpaired) electrons. The molecule has 1 aromatic rings. The molecule has 1 unspecified atom stereocenters. The van der Waals surface area contributed by atoms with Gasteiger partial charge in [0.05, 0.1) is 14.2 Å². The van der Waals surface area contributed by atoms with Crippen LogP contribution in [0.3, 0.4) is 0 Å². The van der Waals surface area contributed by atoms with E-state index in [2.05, 4.69) is 5.32 Å². The number of amides is 2. The minimum absolute atomic E-state index is 0.0443. The highest BCUT2D eigenvalue weighted by atomic mass is 16.5. The fourth-order valence-corrected chi connectivity index (χ4v) is 2.19. The van der Waals surface area contributed by atoms with Crippen LogP contribution in [0.25, 0.3) is 0 Å². The Labute approximate surface area is 140 Å². The molecule has 24 heavy (non-hydrogen) atoms. The van der Waals surface area contributed by atoms with Crippen LogP contribution in [0.5, 0.6) is 11.5 Å². The molecule has 0 saturated heterocycles. The van der Waals surface area contributed by atoms with Crippen molar-refractivity contribution in [1.82, 2.24) is 10.2 Å². The van der Waals surface area contributed by atoms with Gasteiger partial charge in [-0.1, -0.05) is 0 Å². The number of carboxylic acid groups (broad SMARTS) is 1. The second-order valence-electron chi connectivity index (χ2n) is 5.23. The molecule has 0 fully saturated rings. The molecule has 0 aromatic heterocycles. The lowest BCUT2D eigenvalue weighted by Crippen LogP contribution is -2.47. The van der Waals surface area contributed by atoms with Gasteiger partial charge >= 0.3 is 5.97 Å². The number of rotatable bonds is 8. The third kappa shape index (κ3) is 5.79. The van der Waals surface area contributed by atoms with Crippen molar-refractivity contribution < 1.29 is 29.0 Å². The Balaban J connectivity index is 3.03. The molecule has 0 bridgehead atoms. The van der Waals surface area contributed by atoms with Gasteiger partial charge in [-0.2, -0.15) is 0 Å². The van der Waals surface area contributed by atoms with Crippen molar-refractivity contribution in [2.45, 2.75) is 26.4 Å². The number of ether oxygens (including phenoxy) is 2. The summed E-state index contributed by atoms with van der Waals surface area (Å²) in [5.41, 5.74) is 0.649. The van der Waals surface area contributed by atoms with Gasteiger partial charge in [-0.3, -0.25) is 14.4 Å². The van der Waals surface area contributed by atoms with Crippen LogP contribution in [0.15, 0.2) is 18.2 Å². The van der Waals surface area contributed by atoms with Crippen LogP contribution in [0, 0.1) is 0 Å². The van der Waals surface area contributed by atoms with Crippen LogP contribution in [-0.2, 0) is 20.9 Å². The SMILES string of the molecule is COc1cc(CN(CC(=O)O)C(=O)C(C)NC(C)=O)cc(OC)c1. The smallest absolute Gasteiger partial charge is 0.323 e. The Morgan fingerprint density at radius 1 is 1.17 bits per heavy atom. The molecule has 1 aromatic carbocycles. The number of aliphatic carboxylic acids is 1. The monoisotopic (exact) mass is 338 g/mol. The summed E-state index contributed by atoms with van der Waals surface area (Å²) in [6.45, 7) is 2.36. The van der Waals surface area contributed by atoms with E-state index in [1.54, 1.807) is 18.2 Å². The average Bonchev–Trinajstić information content (AvgIpc) is 2.51. The Kier molecular flexibility index (Phi) is 7.03. The third-order valence-corrected chi connectivity index (χ3v) is 3.21. The number of carbonyl (C=O) groups is 3. The number of nitrogens with zero attached hydrogens (tertiary/aromatic N) is 1. The van der Waals surface area contributed by atoms with Crippen molar-refractivity contribution in [3.05, 3.63) is 23.8 Å². The van der Waals surface area contributed by atoms with Gasteiger partial charge in [-0.15, -0.1) is 0 Å². The van der Waals surface area contributed by atoms with Gasteiger partial charge in [0, 0.05) is 19.5 Å². The molecule has 1 atom stereocenters. The van der Waals surface area contributed by atoms with Crippen LogP contribution in [0.1, 0.15) is 19.4 Å². The van der Waals surface area contributed by atoms with Crippen LogP contribution in [0.4, 0.5) is 0 Å². The molecule has 2 N–H and O–H groups in total. The van der Waals surface area contributed by atoms with Gasteiger partial charge in [0.1, 0.15) is 24.1 Å². The van der Waals surface area contributed by atoms with E-state index in [9.17, 15) is 14.4 Å². The van der Waals surface area contributed by atoms with E-state index < -0.39 is 24.5 Å². The first-order valence-electron chi connectivity index (χ1n) is 7.26. The second-order valence-corrected chi connectivity index (χ2v) is 5.23. The largest absolute Gasteiger partial charge is 0.497 e. The maximum absolute atomic E-state index is 12.4. The number of benzene rings is 1. The lowest BCUT2D eigenvalue weighted by atomic mass is 10.1. The highest BCUT2D eigenvalue weighted by Crippen LogP contribution is 2.23. The van der Waals surface area contributed by atoms with Gasteiger partial charge in [0.25, 0.3) is 0 Å². The Morgan fingerprint density at radius 3 is 2.12 bits per heavy atom. The molecule has 0 saturated carbocycles. The Hall–Kier alpha value is -2.77. The van der Waals surface area contributed by atoms with Crippen molar-refractivity contribution in [2.24, 2.45) is 0 Å². The lowest BCUT2D eigenvalue weighted by molar-refractivity contribution is -0.146. The summed E-state index contributed by atoms with van der Waals surface area (Å²) < 4.78 is 10.3. The number of nitrogens with one attached hydrogen (secondary N) is 1. The number of hydrogen-bond acceptors (Lipinski definition) is 5. The van der Waals surface area contributed by atoms with Crippen molar-refractivity contribution in [1.29, 1.82) is 0 Å². The molecule has 0 spiro atoms. The minimum Gasteiger partial charge on any atom is -0.497 e. The number of methoxy groups -OCH3 is 2. The zero-order valence-corrected chi connectivity index (χ0v) is 14.2. The Morgan fingerprint density at radius 2 is 1.71 bits per heavy atom. The molecule has 8 heteroatoms. The summed E-state index contributed by atoms with van der Waals surface area (Å²) in [6, 6.07) is 4.23. The third-order valence-electron chi connectivity index (χ3n) is 3.21. The van der Waals surface area contributed by atoms with Crippen molar-refractivity contribution in [3.8, 4) is 11.5 Å². The fraction of sp³-hybridized carbons (Fsp3) is 0.438. The van der Waals surface area contributed by atoms with Crippen LogP contribution >= 0.6 is 0 Å². The summed E-state index contributed by atoms with van der Waals surface area (Å²) >= 11 is 0. The summed E-state index contributed by atoms with van der Waals surface area (Å²) in [5.74, 6) is -0.944. The zero-order valence-electron chi connectivity index (χ0n) is 14.2. The molecule has 0 aliphatic rings. The van der Waals surface area contributed by atoms with Gasteiger partial charge in [-0.05, 0) is 24.6 Å². The van der Waals surface area contributed by atoms with E-state index in [1.165, 1.54) is 28.1 Å². The molecular formula is C16H22N2O6. The van der Waals surface area contributed by atoms with E-state index in [4.69, 9.17) is 14.6 Å². The van der Waals surface area contributed by atoms with Gasteiger partial charge in [0.2, 0.25) is 11.8 Å². The van der Waals surface area contributed by atoms with Crippen molar-refractivity contribution >= 4 is 17.8 Å². The summed E-state index contributed by atoms with van der Waals surface area (Å²) in [6.07, 6.45) is 0. The van der Waals surface area contributed by atoms with Crippen LogP contribution in [-0.4, -0.2) is 54.6 Å². The molecule has 0 heterocycles. The lowest BCUT2D eigenvalue weighted by Gasteiger charge is -2.25. The molecule has 0 aliphatic heterocycles. The van der Waals surface area contributed by atoms with E-state index >= 15 is 0 Å². The maximum atomic E-state index is 12.4. The maximum Gasteiger partial charge on any atom is 0.323 e. The van der Waals surface area contributed by atoms with Gasteiger partial charge in [-0.25, -0.2) is 0 Å². The zero-order chi connectivity index (χ0) is 18.3. The molecule has 1 rings (SSSR count). The quantitative estimate of drug-likeness (QED) is 0.721. The predicted octanol–water partition coefficient (Wildman–Crippen LogP) is 0.642. The number of carbonyl (C=O) groups excluding carboxylic acids is 2. The normalized spacial score (nSPS) is 11.3. The van der Waals surface area contributed by atoms with Crippen LogP contribution < -0.4 is 14.8 Å². The van der Waals surface area contributed by atoms with Crippen molar-refractivity contribution in [2.75, 3.05) is 20.8 Å². The second kappa shape index (κ2) is 8.76. The van der Waals surface area contributed by atoms with Crippen molar-refractivity contribution in [3.63, 3.8) is 0 Å². The standard InChI is InChI=1S/C16H22N2O6/c1-10(17-11(2)19)16(22)18(9-15(20)21)8-12-5-13(23-3)7-14(6-12)24-4/h5-7,10H,8-9H2,1-4H3,(H,17,19)(H,20,21). The molecule has 132 valence electrons. The predicted molar refractivity (Wildman–Crippen MR) is 85.9 cm³/mol. The summed E-state index contributed by atoms with van der Waals surface area (Å²) in [5, 5.41) is 11.5.